The number of aromatic nitrogens is 4. The molecule has 5 heteroatoms. The molecular formula is C20H16N4S. The van der Waals surface area contributed by atoms with E-state index in [-0.39, 0.29) is 0 Å². The Morgan fingerprint density at radius 3 is 2.80 bits per heavy atom. The molecule has 0 atom stereocenters. The SMILES string of the molecule is C=C1CC=CC=C1c1nn(Cc2ccccn2)c(=S)c2cccnc12. The van der Waals surface area contributed by atoms with Gasteiger partial charge < -0.3 is 0 Å². The zero-order valence-electron chi connectivity index (χ0n) is 13.6. The van der Waals surface area contributed by atoms with Crippen LogP contribution in [-0.2, 0) is 6.54 Å². The maximum atomic E-state index is 5.66. The van der Waals surface area contributed by atoms with Crippen molar-refractivity contribution < 1.29 is 0 Å². The monoisotopic (exact) mass is 344 g/mol. The van der Waals surface area contributed by atoms with Gasteiger partial charge in [-0.05, 0) is 36.3 Å². The first-order valence-electron chi connectivity index (χ1n) is 8.05. The van der Waals surface area contributed by atoms with Gasteiger partial charge in [0.25, 0.3) is 0 Å². The highest BCUT2D eigenvalue weighted by Crippen LogP contribution is 2.30. The first-order valence-corrected chi connectivity index (χ1v) is 8.46. The molecule has 4 nitrogen and oxygen atoms in total. The van der Waals surface area contributed by atoms with Gasteiger partial charge >= 0.3 is 0 Å². The molecule has 0 unspecified atom stereocenters. The number of allylic oxidation sites excluding steroid dienone is 5. The largest absolute Gasteiger partial charge is 0.259 e. The van der Waals surface area contributed by atoms with Crippen molar-refractivity contribution >= 4 is 28.7 Å². The number of fused-ring (bicyclic) bond motifs is 1. The molecule has 0 aliphatic heterocycles. The van der Waals surface area contributed by atoms with Crippen molar-refractivity contribution in [2.45, 2.75) is 13.0 Å². The second kappa shape index (κ2) is 6.53. The molecule has 3 heterocycles. The van der Waals surface area contributed by atoms with E-state index >= 15 is 0 Å². The molecule has 25 heavy (non-hydrogen) atoms. The maximum absolute atomic E-state index is 5.66. The lowest BCUT2D eigenvalue weighted by Gasteiger charge is -2.16. The van der Waals surface area contributed by atoms with Gasteiger partial charge in [-0.25, -0.2) is 4.68 Å². The van der Waals surface area contributed by atoms with E-state index in [1.165, 1.54) is 0 Å². The lowest BCUT2D eigenvalue weighted by atomic mass is 9.96. The summed E-state index contributed by atoms with van der Waals surface area (Å²) in [6, 6.07) is 9.72. The number of pyridine rings is 2. The van der Waals surface area contributed by atoms with Crippen LogP contribution in [-0.4, -0.2) is 19.7 Å². The van der Waals surface area contributed by atoms with E-state index in [1.807, 2.05) is 47.2 Å². The van der Waals surface area contributed by atoms with Crippen LogP contribution in [0.25, 0.3) is 16.5 Å². The Hall–Kier alpha value is -2.92. The van der Waals surface area contributed by atoms with E-state index in [1.54, 1.807) is 12.4 Å². The lowest BCUT2D eigenvalue weighted by molar-refractivity contribution is 0.645. The van der Waals surface area contributed by atoms with Crippen molar-refractivity contribution in [1.82, 2.24) is 19.7 Å². The van der Waals surface area contributed by atoms with Gasteiger partial charge in [-0.1, -0.05) is 43.1 Å². The van der Waals surface area contributed by atoms with Crippen LogP contribution >= 0.6 is 12.2 Å². The number of rotatable bonds is 3. The van der Waals surface area contributed by atoms with Gasteiger partial charge in [0, 0.05) is 23.4 Å². The Labute approximate surface area is 150 Å². The highest BCUT2D eigenvalue weighted by atomic mass is 32.1. The first-order chi connectivity index (χ1) is 12.2. The van der Waals surface area contributed by atoms with Crippen LogP contribution in [0.2, 0.25) is 0 Å². The van der Waals surface area contributed by atoms with Crippen LogP contribution in [0, 0.1) is 4.64 Å². The zero-order chi connectivity index (χ0) is 17.2. The molecule has 3 aromatic rings. The minimum absolute atomic E-state index is 0.521. The van der Waals surface area contributed by atoms with E-state index in [4.69, 9.17) is 17.3 Å². The minimum Gasteiger partial charge on any atom is -0.259 e. The van der Waals surface area contributed by atoms with E-state index in [0.717, 1.165) is 39.9 Å². The average molecular weight is 344 g/mol. The Kier molecular flexibility index (Phi) is 4.07. The Morgan fingerprint density at radius 1 is 1.12 bits per heavy atom. The number of hydrogen-bond acceptors (Lipinski definition) is 4. The van der Waals surface area contributed by atoms with Crippen LogP contribution in [0.4, 0.5) is 0 Å². The molecule has 0 saturated carbocycles. The molecule has 0 aromatic carbocycles. The van der Waals surface area contributed by atoms with Gasteiger partial charge in [-0.3, -0.25) is 9.97 Å². The lowest BCUT2D eigenvalue weighted by Crippen LogP contribution is -2.12. The molecule has 0 N–H and O–H groups in total. The Bertz CT molecular complexity index is 1080. The van der Waals surface area contributed by atoms with Crippen LogP contribution < -0.4 is 0 Å². The fraction of sp³-hybridized carbons (Fsp3) is 0.100. The van der Waals surface area contributed by atoms with Gasteiger partial charge in [0.1, 0.15) is 15.9 Å². The zero-order valence-corrected chi connectivity index (χ0v) is 14.4. The van der Waals surface area contributed by atoms with Crippen LogP contribution in [0.5, 0.6) is 0 Å². The minimum atomic E-state index is 0.521. The van der Waals surface area contributed by atoms with Crippen LogP contribution in [0.15, 0.2) is 73.1 Å². The predicted molar refractivity (Wildman–Crippen MR) is 103 cm³/mol. The molecule has 1 aliphatic rings. The van der Waals surface area contributed by atoms with E-state index in [9.17, 15) is 0 Å². The third-order valence-corrected chi connectivity index (χ3v) is 4.59. The third-order valence-electron chi connectivity index (χ3n) is 4.15. The number of hydrogen-bond donors (Lipinski definition) is 0. The molecule has 0 saturated heterocycles. The van der Waals surface area contributed by atoms with Crippen molar-refractivity contribution in [3.63, 3.8) is 0 Å². The highest BCUT2D eigenvalue weighted by Gasteiger charge is 2.16. The molecule has 0 spiro atoms. The van der Waals surface area contributed by atoms with Gasteiger partial charge in [-0.15, -0.1) is 0 Å². The Balaban J connectivity index is 1.94. The van der Waals surface area contributed by atoms with Gasteiger partial charge in [-0.2, -0.15) is 5.10 Å². The summed E-state index contributed by atoms with van der Waals surface area (Å²) < 4.78 is 2.48. The van der Waals surface area contributed by atoms with E-state index < -0.39 is 0 Å². The van der Waals surface area contributed by atoms with Crippen LogP contribution in [0.3, 0.4) is 0 Å². The van der Waals surface area contributed by atoms with Crippen molar-refractivity contribution in [2.24, 2.45) is 0 Å². The smallest absolute Gasteiger partial charge is 0.132 e. The summed E-state index contributed by atoms with van der Waals surface area (Å²) in [5, 5.41) is 5.74. The van der Waals surface area contributed by atoms with Crippen molar-refractivity contribution in [3.8, 4) is 0 Å². The predicted octanol–water partition coefficient (Wildman–Crippen LogP) is 4.50. The fourth-order valence-electron chi connectivity index (χ4n) is 2.90. The topological polar surface area (TPSA) is 43.6 Å². The Morgan fingerprint density at radius 2 is 2.00 bits per heavy atom. The molecule has 3 aromatic heterocycles. The molecule has 1 aliphatic carbocycles. The standard InChI is InChI=1S/C20H16N4S/c1-14-7-2-3-9-16(14)19-18-17(10-6-12-22-18)20(25)24(23-19)13-15-8-4-5-11-21-15/h2-6,8-12H,1,7,13H2. The summed E-state index contributed by atoms with van der Waals surface area (Å²) in [4.78, 5) is 8.92. The van der Waals surface area contributed by atoms with Crippen molar-refractivity contribution in [2.75, 3.05) is 0 Å². The number of nitrogens with zero attached hydrogens (tertiary/aromatic N) is 4. The van der Waals surface area contributed by atoms with Gasteiger partial charge in [0.05, 0.1) is 12.2 Å². The molecule has 0 radical (unpaired) electrons. The van der Waals surface area contributed by atoms with E-state index in [2.05, 4.69) is 22.6 Å². The third kappa shape index (κ3) is 2.94. The van der Waals surface area contributed by atoms with E-state index in [0.29, 0.717) is 11.2 Å². The molecule has 122 valence electrons. The molecule has 0 amide bonds. The summed E-state index contributed by atoms with van der Waals surface area (Å²) >= 11 is 5.66. The second-order valence-electron chi connectivity index (χ2n) is 5.85. The molecular weight excluding hydrogens is 328 g/mol. The normalized spacial score (nSPS) is 13.9. The molecule has 0 fully saturated rings. The highest BCUT2D eigenvalue weighted by molar-refractivity contribution is 7.71. The molecule has 0 bridgehead atoms. The fourth-order valence-corrected chi connectivity index (χ4v) is 3.17. The van der Waals surface area contributed by atoms with Crippen molar-refractivity contribution in [3.05, 3.63) is 89.1 Å². The average Bonchev–Trinajstić information content (AvgIpc) is 2.66. The summed E-state index contributed by atoms with van der Waals surface area (Å²) in [7, 11) is 0. The second-order valence-corrected chi connectivity index (χ2v) is 6.23. The quantitative estimate of drug-likeness (QED) is 0.656. The summed E-state index contributed by atoms with van der Waals surface area (Å²) in [5.41, 5.74) is 4.58. The van der Waals surface area contributed by atoms with Gasteiger partial charge in [0.2, 0.25) is 0 Å². The summed E-state index contributed by atoms with van der Waals surface area (Å²) in [6.45, 7) is 4.70. The summed E-state index contributed by atoms with van der Waals surface area (Å²) in [6.07, 6.45) is 10.5. The molecule has 4 rings (SSSR count). The van der Waals surface area contributed by atoms with Crippen LogP contribution in [0.1, 0.15) is 17.8 Å². The summed E-state index contributed by atoms with van der Waals surface area (Å²) in [5.74, 6) is 0. The maximum Gasteiger partial charge on any atom is 0.132 e. The first kappa shape index (κ1) is 15.6. The van der Waals surface area contributed by atoms with Gasteiger partial charge in [0.15, 0.2) is 0 Å². The van der Waals surface area contributed by atoms with Crippen molar-refractivity contribution in [1.29, 1.82) is 0 Å².